The molecule has 7 heteroatoms. The monoisotopic (exact) mass is 382 g/mol. The van der Waals surface area contributed by atoms with Gasteiger partial charge in [-0.1, -0.05) is 35.9 Å². The molecule has 1 N–H and O–H groups in total. The summed E-state index contributed by atoms with van der Waals surface area (Å²) >= 11 is 5.53. The second-order valence-corrected chi connectivity index (χ2v) is 7.20. The number of methoxy groups -OCH3 is 1. The third-order valence-electron chi connectivity index (χ3n) is 3.37. The molecular formula is C18H19ClO5S. The van der Waals surface area contributed by atoms with Gasteiger partial charge < -0.3 is 14.0 Å². The molecule has 25 heavy (non-hydrogen) atoms. The zero-order valence-electron chi connectivity index (χ0n) is 13.8. The Hall–Kier alpha value is -2.02. The highest BCUT2D eigenvalue weighted by atomic mass is 35.5. The van der Waals surface area contributed by atoms with E-state index in [1.807, 2.05) is 6.92 Å². The Morgan fingerprint density at radius 3 is 2.44 bits per heavy atom. The van der Waals surface area contributed by atoms with Gasteiger partial charge in [0.1, 0.15) is 4.90 Å². The first-order valence-electron chi connectivity index (χ1n) is 7.47. The Balaban J connectivity index is 2.27. The molecule has 2 aromatic carbocycles. The van der Waals surface area contributed by atoms with Gasteiger partial charge in [-0.2, -0.15) is 8.42 Å². The predicted molar refractivity (Wildman–Crippen MR) is 97.7 cm³/mol. The summed E-state index contributed by atoms with van der Waals surface area (Å²) in [6.07, 6.45) is 2.43. The summed E-state index contributed by atoms with van der Waals surface area (Å²) in [6, 6.07) is 11.1. The first-order valence-corrected chi connectivity index (χ1v) is 9.41. The Kier molecular flexibility index (Phi) is 6.47. The van der Waals surface area contributed by atoms with Gasteiger partial charge in [-0.25, -0.2) is 0 Å². The number of benzene rings is 2. The van der Waals surface area contributed by atoms with Crippen LogP contribution in [0.15, 0.2) is 53.4 Å². The third-order valence-corrected chi connectivity index (χ3v) is 4.93. The van der Waals surface area contributed by atoms with Crippen LogP contribution in [0.4, 0.5) is 0 Å². The zero-order valence-corrected chi connectivity index (χ0v) is 15.4. The number of hydrogen-bond donors (Lipinski definition) is 1. The van der Waals surface area contributed by atoms with Crippen LogP contribution in [0.1, 0.15) is 11.1 Å². The minimum atomic E-state index is -3.96. The van der Waals surface area contributed by atoms with Gasteiger partial charge in [0, 0.05) is 0 Å². The number of aliphatic hydroxyl groups excluding tert-OH is 1. The van der Waals surface area contributed by atoms with Crippen molar-refractivity contribution in [3.8, 4) is 11.5 Å². The molecule has 0 saturated heterocycles. The van der Waals surface area contributed by atoms with Crippen molar-refractivity contribution < 1.29 is 22.4 Å². The summed E-state index contributed by atoms with van der Waals surface area (Å²) in [6.45, 7) is 1.87. The maximum atomic E-state index is 12.4. The number of ether oxygens (including phenoxy) is 1. The quantitative estimate of drug-likeness (QED) is 0.587. The van der Waals surface area contributed by atoms with E-state index in [0.717, 1.165) is 5.56 Å². The lowest BCUT2D eigenvalue weighted by Gasteiger charge is -2.11. The molecule has 2 aromatic rings. The van der Waals surface area contributed by atoms with Crippen LogP contribution in [0, 0.1) is 6.92 Å². The number of halogens is 1. The van der Waals surface area contributed by atoms with Crippen molar-refractivity contribution in [1.29, 1.82) is 0 Å². The average molecular weight is 383 g/mol. The maximum absolute atomic E-state index is 12.4. The van der Waals surface area contributed by atoms with Gasteiger partial charge >= 0.3 is 10.1 Å². The summed E-state index contributed by atoms with van der Waals surface area (Å²) in [5.41, 5.74) is 1.66. The topological polar surface area (TPSA) is 72.8 Å². The van der Waals surface area contributed by atoms with Gasteiger partial charge in [0.15, 0.2) is 11.5 Å². The van der Waals surface area contributed by atoms with Crippen LogP contribution in [-0.4, -0.2) is 32.6 Å². The van der Waals surface area contributed by atoms with Crippen LogP contribution < -0.4 is 8.92 Å². The van der Waals surface area contributed by atoms with Crippen LogP contribution in [0.3, 0.4) is 0 Å². The summed E-state index contributed by atoms with van der Waals surface area (Å²) in [5, 5.41) is 9.44. The van der Waals surface area contributed by atoms with E-state index in [0.29, 0.717) is 5.56 Å². The standard InChI is InChI=1S/C18H19ClO5S/c1-13-3-8-16(9-4-13)25(21,22)24-17-10-6-14(11-18(17)23-2)5-7-15(20)12-19/h3-11,15,20H,12H2,1-2H3/b7-5+. The Morgan fingerprint density at radius 2 is 1.84 bits per heavy atom. The van der Waals surface area contributed by atoms with Crippen molar-refractivity contribution in [1.82, 2.24) is 0 Å². The molecule has 0 aliphatic rings. The average Bonchev–Trinajstić information content (AvgIpc) is 2.60. The summed E-state index contributed by atoms with van der Waals surface area (Å²) in [7, 11) is -2.54. The van der Waals surface area contributed by atoms with Gasteiger partial charge in [0.05, 0.1) is 19.1 Å². The van der Waals surface area contributed by atoms with Crippen LogP contribution in [-0.2, 0) is 10.1 Å². The predicted octanol–water partition coefficient (Wildman–Crippen LogP) is 3.38. The molecule has 0 radical (unpaired) electrons. The molecular weight excluding hydrogens is 364 g/mol. The normalized spacial score (nSPS) is 13.0. The van der Waals surface area contributed by atoms with E-state index in [1.54, 1.807) is 30.3 Å². The van der Waals surface area contributed by atoms with Crippen molar-refractivity contribution in [3.05, 3.63) is 59.7 Å². The zero-order chi connectivity index (χ0) is 18.4. The Bertz CT molecular complexity index is 844. The molecule has 0 aliphatic heterocycles. The molecule has 134 valence electrons. The van der Waals surface area contributed by atoms with Crippen molar-refractivity contribution >= 4 is 27.8 Å². The highest BCUT2D eigenvalue weighted by Gasteiger charge is 2.19. The van der Waals surface area contributed by atoms with Gasteiger partial charge in [-0.05, 0) is 36.8 Å². The molecule has 0 bridgehead atoms. The molecule has 0 heterocycles. The molecule has 1 atom stereocenters. The summed E-state index contributed by atoms with van der Waals surface area (Å²) in [4.78, 5) is 0.0642. The van der Waals surface area contributed by atoms with Crippen LogP contribution in [0.5, 0.6) is 11.5 Å². The highest BCUT2D eigenvalue weighted by molar-refractivity contribution is 7.87. The molecule has 0 saturated carbocycles. The highest BCUT2D eigenvalue weighted by Crippen LogP contribution is 2.31. The minimum absolute atomic E-state index is 0.0642. The molecule has 0 aliphatic carbocycles. The van der Waals surface area contributed by atoms with E-state index in [4.69, 9.17) is 20.5 Å². The Morgan fingerprint density at radius 1 is 1.16 bits per heavy atom. The summed E-state index contributed by atoms with van der Waals surface area (Å²) in [5.74, 6) is 0.431. The van der Waals surface area contributed by atoms with Crippen LogP contribution in [0.25, 0.3) is 6.08 Å². The van der Waals surface area contributed by atoms with Crippen LogP contribution >= 0.6 is 11.6 Å². The van der Waals surface area contributed by atoms with Gasteiger partial charge in [0.2, 0.25) is 0 Å². The molecule has 5 nitrogen and oxygen atoms in total. The van der Waals surface area contributed by atoms with E-state index in [9.17, 15) is 13.5 Å². The van der Waals surface area contributed by atoms with E-state index in [2.05, 4.69) is 0 Å². The molecule has 0 spiro atoms. The number of rotatable bonds is 7. The van der Waals surface area contributed by atoms with Crippen molar-refractivity contribution in [2.24, 2.45) is 0 Å². The maximum Gasteiger partial charge on any atom is 0.339 e. The molecule has 0 fully saturated rings. The van der Waals surface area contributed by atoms with Crippen molar-refractivity contribution in [2.75, 3.05) is 13.0 Å². The molecule has 0 aromatic heterocycles. The van der Waals surface area contributed by atoms with E-state index in [1.165, 1.54) is 31.4 Å². The number of aryl methyl sites for hydroxylation is 1. The smallest absolute Gasteiger partial charge is 0.339 e. The first kappa shape index (κ1) is 19.3. The third kappa shape index (κ3) is 5.22. The van der Waals surface area contributed by atoms with E-state index >= 15 is 0 Å². The lowest BCUT2D eigenvalue weighted by atomic mass is 10.1. The number of alkyl halides is 1. The molecule has 1 unspecified atom stereocenters. The molecule has 0 amide bonds. The molecule has 2 rings (SSSR count). The fraction of sp³-hybridized carbons (Fsp3) is 0.222. The second-order valence-electron chi connectivity index (χ2n) is 5.34. The second kappa shape index (κ2) is 8.38. The Labute approximate surface area is 152 Å². The fourth-order valence-corrected chi connectivity index (χ4v) is 3.04. The van der Waals surface area contributed by atoms with Crippen molar-refractivity contribution in [2.45, 2.75) is 17.9 Å². The van der Waals surface area contributed by atoms with E-state index < -0.39 is 16.2 Å². The fourth-order valence-electron chi connectivity index (χ4n) is 2.00. The minimum Gasteiger partial charge on any atom is -0.493 e. The van der Waals surface area contributed by atoms with Crippen LogP contribution in [0.2, 0.25) is 0 Å². The van der Waals surface area contributed by atoms with Gasteiger partial charge in [0.25, 0.3) is 0 Å². The van der Waals surface area contributed by atoms with Gasteiger partial charge in [-0.15, -0.1) is 11.6 Å². The van der Waals surface area contributed by atoms with Gasteiger partial charge in [-0.3, -0.25) is 0 Å². The SMILES string of the molecule is COc1cc(/C=C/C(O)CCl)ccc1OS(=O)(=O)c1ccc(C)cc1. The number of aliphatic hydroxyl groups is 1. The van der Waals surface area contributed by atoms with E-state index in [-0.39, 0.29) is 22.3 Å². The number of hydrogen-bond acceptors (Lipinski definition) is 5. The van der Waals surface area contributed by atoms with Crippen molar-refractivity contribution in [3.63, 3.8) is 0 Å². The largest absolute Gasteiger partial charge is 0.493 e. The summed E-state index contributed by atoms with van der Waals surface area (Å²) < 4.78 is 35.2. The lowest BCUT2D eigenvalue weighted by Crippen LogP contribution is -2.10. The first-order chi connectivity index (χ1) is 11.9. The lowest BCUT2D eigenvalue weighted by molar-refractivity contribution is 0.248.